The molecule has 1 aromatic heterocycles. The van der Waals surface area contributed by atoms with Crippen LogP contribution in [0.3, 0.4) is 0 Å². The summed E-state index contributed by atoms with van der Waals surface area (Å²) in [5.74, 6) is 0.0489. The van der Waals surface area contributed by atoms with Gasteiger partial charge in [0.1, 0.15) is 5.76 Å². The lowest BCUT2D eigenvalue weighted by Crippen LogP contribution is -2.03. The summed E-state index contributed by atoms with van der Waals surface area (Å²) in [7, 11) is 1.29. The lowest BCUT2D eigenvalue weighted by Gasteiger charge is -2.09. The molecule has 0 aliphatic heterocycles. The summed E-state index contributed by atoms with van der Waals surface area (Å²) in [6.45, 7) is 1.74. The summed E-state index contributed by atoms with van der Waals surface area (Å²) in [6.07, 6.45) is 1.50. The number of methoxy groups -OCH3 is 1. The molecule has 0 saturated heterocycles. The lowest BCUT2D eigenvalue weighted by molar-refractivity contribution is 0.0601. The van der Waals surface area contributed by atoms with E-state index in [1.54, 1.807) is 13.0 Å². The van der Waals surface area contributed by atoms with Crippen LogP contribution in [0.4, 0.5) is 0 Å². The fraction of sp³-hybridized carbons (Fsp3) is 0.167. The van der Waals surface area contributed by atoms with E-state index in [-0.39, 0.29) is 10.6 Å². The van der Waals surface area contributed by atoms with Crippen molar-refractivity contribution in [2.24, 2.45) is 0 Å². The molecule has 6 heteroatoms. The Morgan fingerprint density at radius 2 is 2.11 bits per heavy atom. The first-order valence-corrected chi connectivity index (χ1v) is 5.79. The van der Waals surface area contributed by atoms with E-state index in [1.165, 1.54) is 19.4 Å². The van der Waals surface area contributed by atoms with Crippen molar-refractivity contribution in [3.63, 3.8) is 0 Å². The zero-order chi connectivity index (χ0) is 13.3. The number of ether oxygens (including phenoxy) is 1. The van der Waals surface area contributed by atoms with E-state index in [9.17, 15) is 4.79 Å². The third-order valence-corrected chi connectivity index (χ3v) is 3.22. The second-order valence-electron chi connectivity index (χ2n) is 3.57. The molecule has 4 nitrogen and oxygen atoms in total. The van der Waals surface area contributed by atoms with Crippen LogP contribution < -0.4 is 0 Å². The van der Waals surface area contributed by atoms with E-state index in [2.05, 4.69) is 9.89 Å². The van der Waals surface area contributed by atoms with Gasteiger partial charge >= 0.3 is 5.97 Å². The van der Waals surface area contributed by atoms with Crippen LogP contribution in [-0.4, -0.2) is 18.2 Å². The number of halogens is 2. The molecule has 1 heterocycles. The van der Waals surface area contributed by atoms with E-state index >= 15 is 0 Å². The van der Waals surface area contributed by atoms with Gasteiger partial charge in [0.05, 0.1) is 28.9 Å². The number of carbonyl (C=O) groups excluding carboxylic acids is 1. The number of carbonyl (C=O) groups is 1. The fourth-order valence-corrected chi connectivity index (χ4v) is 2.26. The molecule has 0 unspecified atom stereocenters. The van der Waals surface area contributed by atoms with Crippen LogP contribution >= 0.6 is 23.2 Å². The summed E-state index contributed by atoms with van der Waals surface area (Å²) >= 11 is 12.3. The highest BCUT2D eigenvalue weighted by atomic mass is 35.5. The number of aromatic nitrogens is 1. The summed E-state index contributed by atoms with van der Waals surface area (Å²) in [6, 6.07) is 3.10. The molecule has 0 saturated carbocycles. The van der Waals surface area contributed by atoms with Gasteiger partial charge in [-0.15, -0.1) is 0 Å². The molecule has 0 N–H and O–H groups in total. The fourth-order valence-electron chi connectivity index (χ4n) is 1.61. The van der Waals surface area contributed by atoms with Crippen molar-refractivity contribution in [3.8, 4) is 11.1 Å². The monoisotopic (exact) mass is 285 g/mol. The zero-order valence-corrected chi connectivity index (χ0v) is 11.2. The minimum Gasteiger partial charge on any atom is -0.465 e. The molecule has 0 fully saturated rings. The van der Waals surface area contributed by atoms with E-state index in [4.69, 9.17) is 27.7 Å². The maximum absolute atomic E-state index is 11.6. The molecule has 0 bridgehead atoms. The average molecular weight is 286 g/mol. The molecule has 0 spiro atoms. The molecule has 0 aliphatic carbocycles. The van der Waals surface area contributed by atoms with Gasteiger partial charge in [0.15, 0.2) is 0 Å². The minimum atomic E-state index is -0.521. The number of aryl methyl sites for hydroxylation is 1. The van der Waals surface area contributed by atoms with E-state index in [1.807, 2.05) is 0 Å². The third-order valence-electron chi connectivity index (χ3n) is 2.52. The molecule has 2 aromatic rings. The Morgan fingerprint density at radius 1 is 1.39 bits per heavy atom. The largest absolute Gasteiger partial charge is 0.465 e. The zero-order valence-electron chi connectivity index (χ0n) is 9.66. The van der Waals surface area contributed by atoms with Gasteiger partial charge in [-0.2, -0.15) is 0 Å². The SMILES string of the molecule is COC(=O)c1ccc(Cl)c(-c2cnoc2C)c1Cl. The van der Waals surface area contributed by atoms with Crippen LogP contribution in [0.2, 0.25) is 10.0 Å². The Labute approximate surface area is 113 Å². The topological polar surface area (TPSA) is 52.3 Å². The third kappa shape index (κ3) is 2.09. The van der Waals surface area contributed by atoms with Crippen LogP contribution in [0.1, 0.15) is 16.1 Å². The first-order valence-electron chi connectivity index (χ1n) is 5.04. The maximum Gasteiger partial charge on any atom is 0.339 e. The van der Waals surface area contributed by atoms with Gasteiger partial charge in [0.25, 0.3) is 0 Å². The van der Waals surface area contributed by atoms with Crippen LogP contribution in [0.5, 0.6) is 0 Å². The Hall–Kier alpha value is -1.52. The normalized spacial score (nSPS) is 10.4. The van der Waals surface area contributed by atoms with Crippen LogP contribution in [0, 0.1) is 6.92 Å². The van der Waals surface area contributed by atoms with Crippen LogP contribution in [0.15, 0.2) is 22.9 Å². The number of hydrogen-bond acceptors (Lipinski definition) is 4. The smallest absolute Gasteiger partial charge is 0.339 e. The van der Waals surface area contributed by atoms with Crippen molar-refractivity contribution in [3.05, 3.63) is 39.7 Å². The minimum absolute atomic E-state index is 0.223. The first kappa shape index (κ1) is 12.9. The molecule has 0 atom stereocenters. The highest BCUT2D eigenvalue weighted by Crippen LogP contribution is 2.38. The molecule has 0 radical (unpaired) electrons. The Kier molecular flexibility index (Phi) is 3.59. The number of rotatable bonds is 2. The van der Waals surface area contributed by atoms with E-state index < -0.39 is 5.97 Å². The summed E-state index contributed by atoms with van der Waals surface area (Å²) in [4.78, 5) is 11.6. The molecular formula is C12H9Cl2NO3. The number of hydrogen-bond donors (Lipinski definition) is 0. The summed E-state index contributed by atoms with van der Waals surface area (Å²) in [5, 5.41) is 4.31. The molecule has 18 heavy (non-hydrogen) atoms. The molecular weight excluding hydrogens is 277 g/mol. The Morgan fingerprint density at radius 3 is 2.67 bits per heavy atom. The molecule has 1 aromatic carbocycles. The number of esters is 1. The summed E-state index contributed by atoms with van der Waals surface area (Å²) in [5.41, 5.74) is 1.41. The van der Waals surface area contributed by atoms with Crippen LogP contribution in [0.25, 0.3) is 11.1 Å². The first-order chi connectivity index (χ1) is 8.56. The number of benzene rings is 1. The van der Waals surface area contributed by atoms with Gasteiger partial charge in [-0.25, -0.2) is 4.79 Å². The molecule has 2 rings (SSSR count). The highest BCUT2D eigenvalue weighted by Gasteiger charge is 2.20. The van der Waals surface area contributed by atoms with Crippen molar-refractivity contribution in [2.75, 3.05) is 7.11 Å². The van der Waals surface area contributed by atoms with Crippen LogP contribution in [-0.2, 0) is 4.74 Å². The van der Waals surface area contributed by atoms with Crippen molar-refractivity contribution >= 4 is 29.2 Å². The predicted octanol–water partition coefficient (Wildman–Crippen LogP) is 3.74. The average Bonchev–Trinajstić information content (AvgIpc) is 2.75. The molecule has 94 valence electrons. The van der Waals surface area contributed by atoms with E-state index in [0.29, 0.717) is 21.9 Å². The van der Waals surface area contributed by atoms with Gasteiger partial charge in [-0.05, 0) is 19.1 Å². The standard InChI is InChI=1S/C12H9Cl2NO3/c1-6-8(5-15-18-6)10-9(13)4-3-7(11(10)14)12(16)17-2/h3-5H,1-2H3. The van der Waals surface area contributed by atoms with Crippen molar-refractivity contribution in [1.82, 2.24) is 5.16 Å². The molecule has 0 amide bonds. The van der Waals surface area contributed by atoms with Crippen molar-refractivity contribution in [1.29, 1.82) is 0 Å². The van der Waals surface area contributed by atoms with E-state index in [0.717, 1.165) is 0 Å². The van der Waals surface area contributed by atoms with Gasteiger partial charge in [-0.1, -0.05) is 28.4 Å². The predicted molar refractivity (Wildman–Crippen MR) is 68.0 cm³/mol. The van der Waals surface area contributed by atoms with Crippen molar-refractivity contribution in [2.45, 2.75) is 6.92 Å². The maximum atomic E-state index is 11.6. The second kappa shape index (κ2) is 5.00. The van der Waals surface area contributed by atoms with Crippen molar-refractivity contribution < 1.29 is 14.1 Å². The van der Waals surface area contributed by atoms with Gasteiger partial charge in [0, 0.05) is 11.1 Å². The van der Waals surface area contributed by atoms with Gasteiger partial charge in [-0.3, -0.25) is 0 Å². The van der Waals surface area contributed by atoms with Gasteiger partial charge in [0.2, 0.25) is 0 Å². The summed E-state index contributed by atoms with van der Waals surface area (Å²) < 4.78 is 9.63. The second-order valence-corrected chi connectivity index (χ2v) is 4.36. The number of nitrogens with zero attached hydrogens (tertiary/aromatic N) is 1. The Bertz CT molecular complexity index is 607. The Balaban J connectivity index is 2.68. The quantitative estimate of drug-likeness (QED) is 0.789. The molecule has 0 aliphatic rings. The highest BCUT2D eigenvalue weighted by molar-refractivity contribution is 6.41. The lowest BCUT2D eigenvalue weighted by atomic mass is 10.0. The van der Waals surface area contributed by atoms with Gasteiger partial charge < -0.3 is 9.26 Å².